The van der Waals surface area contributed by atoms with Gasteiger partial charge in [-0.3, -0.25) is 0 Å². The van der Waals surface area contributed by atoms with Crippen molar-refractivity contribution in [3.63, 3.8) is 0 Å². The molecule has 0 amide bonds. The number of fused-ring (bicyclic) bond motifs is 1. The summed E-state index contributed by atoms with van der Waals surface area (Å²) in [6.07, 6.45) is 2.90. The number of halogens is 1. The zero-order chi connectivity index (χ0) is 13.9. The summed E-state index contributed by atoms with van der Waals surface area (Å²) in [5.41, 5.74) is 0.591. The first-order valence-electron chi connectivity index (χ1n) is 7.15. The summed E-state index contributed by atoms with van der Waals surface area (Å²) < 4.78 is 30.8. The molecule has 0 spiro atoms. The fourth-order valence-corrected chi connectivity index (χ4v) is 2.92. The van der Waals surface area contributed by atoms with Crippen LogP contribution in [-0.4, -0.2) is 33.4 Å². The maximum absolute atomic E-state index is 14.5. The molecule has 0 aromatic heterocycles. The van der Waals surface area contributed by atoms with E-state index in [1.165, 1.54) is 7.11 Å². The highest BCUT2D eigenvalue weighted by Crippen LogP contribution is 2.41. The summed E-state index contributed by atoms with van der Waals surface area (Å²) in [6.45, 7) is 2.93. The minimum Gasteiger partial charge on any atom is -0.494 e. The Kier molecular flexibility index (Phi) is 3.96. The molecule has 2 aliphatic heterocycles. The van der Waals surface area contributed by atoms with Gasteiger partial charge < -0.3 is 19.5 Å². The molecule has 1 unspecified atom stereocenters. The molecule has 1 atom stereocenters. The molecule has 1 fully saturated rings. The predicted octanol–water partition coefficient (Wildman–Crippen LogP) is 2.15. The van der Waals surface area contributed by atoms with Crippen LogP contribution in [0.25, 0.3) is 0 Å². The highest BCUT2D eigenvalue weighted by atomic mass is 19.1. The highest BCUT2D eigenvalue weighted by Gasteiger charge is 2.26. The van der Waals surface area contributed by atoms with Crippen molar-refractivity contribution in [2.75, 3.05) is 33.4 Å². The van der Waals surface area contributed by atoms with E-state index in [9.17, 15) is 4.39 Å². The van der Waals surface area contributed by atoms with Crippen molar-refractivity contribution in [3.8, 4) is 17.2 Å². The summed E-state index contributed by atoms with van der Waals surface area (Å²) in [6, 6.07) is 1.58. The molecule has 1 aromatic carbocycles. The quantitative estimate of drug-likeness (QED) is 0.921. The second kappa shape index (κ2) is 5.87. The lowest BCUT2D eigenvalue weighted by atomic mass is 9.91. The van der Waals surface area contributed by atoms with Gasteiger partial charge in [0.2, 0.25) is 0 Å². The lowest BCUT2D eigenvalue weighted by Gasteiger charge is -2.27. The monoisotopic (exact) mass is 281 g/mol. The smallest absolute Gasteiger partial charge is 0.172 e. The minimum absolute atomic E-state index is 0.230. The van der Waals surface area contributed by atoms with Crippen molar-refractivity contribution >= 4 is 0 Å². The highest BCUT2D eigenvalue weighted by molar-refractivity contribution is 5.53. The second-order valence-electron chi connectivity index (χ2n) is 5.31. The number of hydrogen-bond acceptors (Lipinski definition) is 4. The van der Waals surface area contributed by atoms with Gasteiger partial charge in [0.25, 0.3) is 0 Å². The van der Waals surface area contributed by atoms with Crippen LogP contribution in [0.1, 0.15) is 18.4 Å². The van der Waals surface area contributed by atoms with Gasteiger partial charge in [-0.2, -0.15) is 0 Å². The molecular formula is C15H20FNO3. The topological polar surface area (TPSA) is 39.7 Å². The number of nitrogens with one attached hydrogen (secondary N) is 1. The zero-order valence-electron chi connectivity index (χ0n) is 11.7. The lowest BCUT2D eigenvalue weighted by molar-refractivity contribution is 0.166. The van der Waals surface area contributed by atoms with Crippen LogP contribution in [0.2, 0.25) is 0 Å². The van der Waals surface area contributed by atoms with Gasteiger partial charge in [-0.15, -0.1) is 0 Å². The summed E-state index contributed by atoms with van der Waals surface area (Å²) in [5.74, 6) is 1.49. The summed E-state index contributed by atoms with van der Waals surface area (Å²) in [4.78, 5) is 0. The Balaban J connectivity index is 1.93. The van der Waals surface area contributed by atoms with Gasteiger partial charge in [-0.1, -0.05) is 0 Å². The number of benzene rings is 1. The third-order valence-electron chi connectivity index (χ3n) is 3.94. The number of ether oxygens (including phenoxy) is 3. The molecular weight excluding hydrogens is 261 g/mol. The maximum Gasteiger partial charge on any atom is 0.172 e. The lowest BCUT2D eigenvalue weighted by Crippen LogP contribution is -2.31. The average Bonchev–Trinajstić information content (AvgIpc) is 2.51. The summed E-state index contributed by atoms with van der Waals surface area (Å²) >= 11 is 0. The Labute approximate surface area is 118 Å². The van der Waals surface area contributed by atoms with E-state index in [1.54, 1.807) is 6.07 Å². The van der Waals surface area contributed by atoms with Crippen molar-refractivity contribution in [1.82, 2.24) is 5.32 Å². The van der Waals surface area contributed by atoms with Gasteiger partial charge in [0, 0.05) is 11.6 Å². The number of hydrogen-bond donors (Lipinski definition) is 1. The first-order chi connectivity index (χ1) is 9.79. The molecule has 1 saturated heterocycles. The zero-order valence-corrected chi connectivity index (χ0v) is 11.7. The second-order valence-corrected chi connectivity index (χ2v) is 5.31. The number of rotatable bonds is 3. The molecule has 3 rings (SSSR count). The van der Waals surface area contributed by atoms with E-state index in [-0.39, 0.29) is 11.6 Å². The maximum atomic E-state index is 14.5. The molecule has 0 radical (unpaired) electrons. The summed E-state index contributed by atoms with van der Waals surface area (Å²) in [7, 11) is 1.47. The van der Waals surface area contributed by atoms with E-state index in [0.29, 0.717) is 42.6 Å². The Bertz CT molecular complexity index is 486. The Morgan fingerprint density at radius 1 is 1.40 bits per heavy atom. The fraction of sp³-hybridized carbons (Fsp3) is 0.600. The number of methoxy groups -OCH3 is 1. The van der Waals surface area contributed by atoms with Gasteiger partial charge in [0.15, 0.2) is 23.1 Å². The normalized spacial score (nSPS) is 21.6. The molecule has 1 aromatic rings. The van der Waals surface area contributed by atoms with Crippen LogP contribution < -0.4 is 19.5 Å². The largest absolute Gasteiger partial charge is 0.494 e. The van der Waals surface area contributed by atoms with Crippen LogP contribution in [0.15, 0.2) is 6.07 Å². The standard InChI is InChI=1S/C15H20FNO3/c1-18-12-8-13-15(20-6-5-19-13)11(14(12)16)7-10-3-2-4-17-9-10/h8,10,17H,2-7,9H2,1H3. The van der Waals surface area contributed by atoms with E-state index in [2.05, 4.69) is 5.32 Å². The molecule has 0 aliphatic carbocycles. The van der Waals surface area contributed by atoms with E-state index in [1.807, 2.05) is 0 Å². The minimum atomic E-state index is -0.317. The molecule has 5 heteroatoms. The van der Waals surface area contributed by atoms with Crippen molar-refractivity contribution < 1.29 is 18.6 Å². The molecule has 4 nitrogen and oxygen atoms in total. The van der Waals surface area contributed by atoms with Gasteiger partial charge >= 0.3 is 0 Å². The molecule has 0 saturated carbocycles. The van der Waals surface area contributed by atoms with Gasteiger partial charge in [-0.05, 0) is 38.3 Å². The molecule has 110 valence electrons. The predicted molar refractivity (Wildman–Crippen MR) is 73.2 cm³/mol. The Hall–Kier alpha value is -1.49. The molecule has 2 heterocycles. The van der Waals surface area contributed by atoms with Crippen molar-refractivity contribution in [3.05, 3.63) is 17.4 Å². The fourth-order valence-electron chi connectivity index (χ4n) is 2.92. The first kappa shape index (κ1) is 13.5. The van der Waals surface area contributed by atoms with Crippen molar-refractivity contribution in [2.24, 2.45) is 5.92 Å². The van der Waals surface area contributed by atoms with Gasteiger partial charge in [0.05, 0.1) is 7.11 Å². The average molecular weight is 281 g/mol. The van der Waals surface area contributed by atoms with E-state index in [4.69, 9.17) is 14.2 Å². The van der Waals surface area contributed by atoms with Crippen LogP contribution in [0.4, 0.5) is 4.39 Å². The SMILES string of the molecule is COc1cc2c(c(CC3CCCNC3)c1F)OCCO2. The summed E-state index contributed by atoms with van der Waals surface area (Å²) in [5, 5.41) is 3.36. The molecule has 20 heavy (non-hydrogen) atoms. The van der Waals surface area contributed by atoms with Crippen LogP contribution in [-0.2, 0) is 6.42 Å². The molecule has 0 bridgehead atoms. The van der Waals surface area contributed by atoms with Gasteiger partial charge in [0.1, 0.15) is 13.2 Å². The first-order valence-corrected chi connectivity index (χ1v) is 7.15. The van der Waals surface area contributed by atoms with E-state index < -0.39 is 0 Å². The van der Waals surface area contributed by atoms with Crippen LogP contribution >= 0.6 is 0 Å². The Morgan fingerprint density at radius 2 is 2.25 bits per heavy atom. The van der Waals surface area contributed by atoms with E-state index in [0.717, 1.165) is 25.9 Å². The van der Waals surface area contributed by atoms with Crippen LogP contribution in [0.5, 0.6) is 17.2 Å². The van der Waals surface area contributed by atoms with Gasteiger partial charge in [-0.25, -0.2) is 4.39 Å². The third kappa shape index (κ3) is 2.54. The van der Waals surface area contributed by atoms with Crippen LogP contribution in [0.3, 0.4) is 0 Å². The van der Waals surface area contributed by atoms with E-state index >= 15 is 0 Å². The third-order valence-corrected chi connectivity index (χ3v) is 3.94. The molecule has 2 aliphatic rings. The number of piperidine rings is 1. The van der Waals surface area contributed by atoms with Crippen LogP contribution in [0, 0.1) is 11.7 Å². The van der Waals surface area contributed by atoms with Crippen molar-refractivity contribution in [2.45, 2.75) is 19.3 Å². The molecule has 1 N–H and O–H groups in total. The van der Waals surface area contributed by atoms with Crippen molar-refractivity contribution in [1.29, 1.82) is 0 Å². The Morgan fingerprint density at radius 3 is 3.00 bits per heavy atom.